The SMILES string of the molecule is CCCCCCCCCCCCC1(S(=O)(=O)[O-])Nc2ccccc2N1Cc1ccccc1.[K+]. The van der Waals surface area contributed by atoms with E-state index in [1.807, 2.05) is 54.6 Å². The predicted octanol–water partition coefficient (Wildman–Crippen LogP) is 3.63. The van der Waals surface area contributed by atoms with E-state index in [4.69, 9.17) is 0 Å². The molecule has 176 valence electrons. The van der Waals surface area contributed by atoms with Crippen molar-refractivity contribution in [2.75, 3.05) is 10.2 Å². The summed E-state index contributed by atoms with van der Waals surface area (Å²) in [6.45, 7) is 2.59. The summed E-state index contributed by atoms with van der Waals surface area (Å²) in [5.41, 5.74) is 2.44. The number of anilines is 2. The average molecular weight is 497 g/mol. The number of hydrogen-bond donors (Lipinski definition) is 1. The molecule has 0 aromatic heterocycles. The summed E-state index contributed by atoms with van der Waals surface area (Å²) in [7, 11) is -4.65. The number of benzene rings is 2. The Labute approximate surface area is 242 Å². The Bertz CT molecular complexity index is 940. The molecule has 0 aliphatic carbocycles. The van der Waals surface area contributed by atoms with Crippen molar-refractivity contribution in [2.45, 2.75) is 89.1 Å². The van der Waals surface area contributed by atoms with Crippen LogP contribution in [0.2, 0.25) is 0 Å². The van der Waals surface area contributed by atoms with Gasteiger partial charge in [0.15, 0.2) is 0 Å². The van der Waals surface area contributed by atoms with Crippen LogP contribution < -0.4 is 61.6 Å². The van der Waals surface area contributed by atoms with E-state index in [0.29, 0.717) is 18.7 Å². The fourth-order valence-electron chi connectivity index (χ4n) is 4.64. The molecule has 3 rings (SSSR count). The van der Waals surface area contributed by atoms with Gasteiger partial charge >= 0.3 is 51.4 Å². The molecule has 0 saturated heterocycles. The Morgan fingerprint density at radius 2 is 1.36 bits per heavy atom. The van der Waals surface area contributed by atoms with E-state index >= 15 is 0 Å². The van der Waals surface area contributed by atoms with Crippen LogP contribution in [0.4, 0.5) is 11.4 Å². The standard InChI is InChI=1S/C26H38N2O3S.K/c1-2-3-4-5-6-7-8-9-10-16-21-26(32(29,30)31)27-24-19-14-15-20-25(24)28(26)22-23-17-12-11-13-18-23;/h11-15,17-20,27H,2-10,16,21-22H2,1H3,(H,29,30,31);/q;+1/p-1. The fraction of sp³-hybridized carbons (Fsp3) is 0.538. The number of para-hydroxylation sites is 2. The van der Waals surface area contributed by atoms with E-state index in [2.05, 4.69) is 12.2 Å². The van der Waals surface area contributed by atoms with Gasteiger partial charge < -0.3 is 14.8 Å². The smallest absolute Gasteiger partial charge is 0.745 e. The Hall–Kier alpha value is -0.414. The van der Waals surface area contributed by atoms with Crippen molar-refractivity contribution >= 4 is 21.5 Å². The van der Waals surface area contributed by atoms with Crippen LogP contribution in [-0.4, -0.2) is 18.0 Å². The summed E-state index contributed by atoms with van der Waals surface area (Å²) in [4.78, 5) is 0.112. The van der Waals surface area contributed by atoms with E-state index in [-0.39, 0.29) is 57.8 Å². The van der Waals surface area contributed by atoms with Gasteiger partial charge in [-0.3, -0.25) is 0 Å². The van der Waals surface area contributed by atoms with Gasteiger partial charge in [0.05, 0.1) is 11.4 Å². The molecule has 1 unspecified atom stereocenters. The third kappa shape index (κ3) is 7.79. The molecule has 2 aromatic carbocycles. The van der Waals surface area contributed by atoms with Gasteiger partial charge in [-0.25, -0.2) is 8.42 Å². The molecular formula is C26H37KN2O3S. The molecule has 0 amide bonds. The molecule has 33 heavy (non-hydrogen) atoms. The molecule has 0 spiro atoms. The van der Waals surface area contributed by atoms with Crippen molar-refractivity contribution < 1.29 is 64.4 Å². The van der Waals surface area contributed by atoms with Crippen LogP contribution in [-0.2, 0) is 16.7 Å². The summed E-state index contributed by atoms with van der Waals surface area (Å²) in [6.07, 6.45) is 11.9. The number of unbranched alkanes of at least 4 members (excludes halogenated alkanes) is 9. The molecule has 1 N–H and O–H groups in total. The summed E-state index contributed by atoms with van der Waals surface area (Å²) >= 11 is 0. The van der Waals surface area contributed by atoms with E-state index in [0.717, 1.165) is 24.1 Å². The average Bonchev–Trinajstić information content (AvgIpc) is 3.10. The van der Waals surface area contributed by atoms with Gasteiger partial charge in [0.2, 0.25) is 4.99 Å². The largest absolute Gasteiger partial charge is 1.00 e. The minimum atomic E-state index is -4.65. The number of nitrogens with zero attached hydrogens (tertiary/aromatic N) is 1. The number of rotatable bonds is 14. The zero-order valence-corrected chi connectivity index (χ0v) is 24.2. The topological polar surface area (TPSA) is 72.5 Å². The van der Waals surface area contributed by atoms with E-state index in [1.165, 1.54) is 44.9 Å². The van der Waals surface area contributed by atoms with Gasteiger partial charge in [0, 0.05) is 13.0 Å². The van der Waals surface area contributed by atoms with Gasteiger partial charge in [-0.05, 0) is 24.1 Å². The minimum Gasteiger partial charge on any atom is -0.745 e. The first kappa shape index (κ1) is 28.8. The van der Waals surface area contributed by atoms with E-state index in [9.17, 15) is 13.0 Å². The maximum atomic E-state index is 12.7. The zero-order chi connectivity index (χ0) is 22.9. The summed E-state index contributed by atoms with van der Waals surface area (Å²) in [5.74, 6) is 0. The van der Waals surface area contributed by atoms with Crippen LogP contribution in [0.1, 0.15) is 83.1 Å². The van der Waals surface area contributed by atoms with Crippen molar-refractivity contribution in [1.29, 1.82) is 0 Å². The molecule has 0 bridgehead atoms. The number of nitrogens with one attached hydrogen (secondary N) is 1. The molecule has 1 aliphatic heterocycles. The second-order valence-corrected chi connectivity index (χ2v) is 10.5. The zero-order valence-electron chi connectivity index (χ0n) is 20.3. The Morgan fingerprint density at radius 1 is 0.818 bits per heavy atom. The molecule has 5 nitrogen and oxygen atoms in total. The van der Waals surface area contributed by atoms with Crippen molar-refractivity contribution in [2.24, 2.45) is 0 Å². The van der Waals surface area contributed by atoms with Crippen LogP contribution in [0.25, 0.3) is 0 Å². The van der Waals surface area contributed by atoms with Crippen molar-refractivity contribution in [3.8, 4) is 0 Å². The summed E-state index contributed by atoms with van der Waals surface area (Å²) in [5, 5.41) is 3.11. The van der Waals surface area contributed by atoms with Gasteiger partial charge in [-0.15, -0.1) is 0 Å². The minimum absolute atomic E-state index is 0. The third-order valence-electron chi connectivity index (χ3n) is 6.43. The van der Waals surface area contributed by atoms with Crippen LogP contribution in [0.3, 0.4) is 0 Å². The third-order valence-corrected chi connectivity index (χ3v) is 7.78. The predicted molar refractivity (Wildman–Crippen MR) is 132 cm³/mol. The maximum absolute atomic E-state index is 12.7. The molecule has 0 saturated carbocycles. The second-order valence-electron chi connectivity index (χ2n) is 8.88. The van der Waals surface area contributed by atoms with Crippen LogP contribution in [0, 0.1) is 0 Å². The molecule has 0 fully saturated rings. The Kier molecular flexibility index (Phi) is 12.4. The van der Waals surface area contributed by atoms with Crippen LogP contribution in [0.15, 0.2) is 54.6 Å². The van der Waals surface area contributed by atoms with Gasteiger partial charge in [0.25, 0.3) is 0 Å². The number of hydrogen-bond acceptors (Lipinski definition) is 5. The first-order chi connectivity index (χ1) is 15.5. The second kappa shape index (κ2) is 14.2. The van der Waals surface area contributed by atoms with Gasteiger partial charge in [0.1, 0.15) is 10.1 Å². The molecule has 2 aromatic rings. The quantitative estimate of drug-likeness (QED) is 0.246. The van der Waals surface area contributed by atoms with Gasteiger partial charge in [-0.1, -0.05) is 107 Å². The van der Waals surface area contributed by atoms with E-state index in [1.54, 1.807) is 4.90 Å². The Balaban J connectivity index is 0.00000385. The number of fused-ring (bicyclic) bond motifs is 1. The van der Waals surface area contributed by atoms with E-state index < -0.39 is 15.1 Å². The molecular weight excluding hydrogens is 459 g/mol. The molecule has 7 heteroatoms. The fourth-order valence-corrected chi connectivity index (χ4v) is 5.70. The normalized spacial score (nSPS) is 17.3. The molecule has 1 atom stereocenters. The molecule has 1 aliphatic rings. The first-order valence-corrected chi connectivity index (χ1v) is 13.5. The Morgan fingerprint density at radius 3 is 1.97 bits per heavy atom. The summed E-state index contributed by atoms with van der Waals surface area (Å²) in [6, 6.07) is 17.2. The van der Waals surface area contributed by atoms with Crippen molar-refractivity contribution in [1.82, 2.24) is 0 Å². The molecule has 0 radical (unpaired) electrons. The van der Waals surface area contributed by atoms with Crippen LogP contribution >= 0.6 is 0 Å². The first-order valence-electron chi connectivity index (χ1n) is 12.1. The van der Waals surface area contributed by atoms with Crippen LogP contribution in [0.5, 0.6) is 0 Å². The monoisotopic (exact) mass is 496 g/mol. The van der Waals surface area contributed by atoms with Crippen molar-refractivity contribution in [3.05, 3.63) is 60.2 Å². The van der Waals surface area contributed by atoms with Crippen molar-refractivity contribution in [3.63, 3.8) is 0 Å². The summed E-state index contributed by atoms with van der Waals surface area (Å²) < 4.78 is 38.0. The molecule has 1 heterocycles. The maximum Gasteiger partial charge on any atom is 1.00 e. The van der Waals surface area contributed by atoms with Gasteiger partial charge in [-0.2, -0.15) is 0 Å².